The lowest BCUT2D eigenvalue weighted by Crippen LogP contribution is -1.97. The molecular weight excluding hydrogens is 508 g/mol. The maximum atomic E-state index is 9.68. The molecule has 8 aromatic rings. The molecule has 0 aliphatic carbocycles. The van der Waals surface area contributed by atoms with Crippen molar-refractivity contribution in [3.8, 4) is 45.0 Å². The Morgan fingerprint density at radius 3 is 1.79 bits per heavy atom. The van der Waals surface area contributed by atoms with Crippen LogP contribution in [0.3, 0.4) is 0 Å². The zero-order valence-corrected chi connectivity index (χ0v) is 21.7. The van der Waals surface area contributed by atoms with Crippen molar-refractivity contribution in [3.05, 3.63) is 157 Å². The first-order valence-electron chi connectivity index (χ1n) is 20.5. The van der Waals surface area contributed by atoms with Gasteiger partial charge in [0.2, 0.25) is 0 Å². The fraction of sp³-hybridized carbons (Fsp3) is 0. The van der Waals surface area contributed by atoms with Crippen LogP contribution in [-0.4, -0.2) is 9.97 Å². The molecule has 0 unspecified atom stereocenters. The van der Waals surface area contributed by atoms with E-state index in [2.05, 4.69) is 4.98 Å². The van der Waals surface area contributed by atoms with E-state index in [1.54, 1.807) is 6.07 Å². The molecule has 0 aliphatic rings. The van der Waals surface area contributed by atoms with E-state index in [0.717, 1.165) is 21.5 Å². The van der Waals surface area contributed by atoms with Crippen molar-refractivity contribution >= 4 is 32.3 Å². The molecule has 0 fully saturated rings. The number of nitrogens with zero attached hydrogens (tertiary/aromatic N) is 2. The number of benzene rings is 7. The number of hydrogen-bond donors (Lipinski definition) is 0. The van der Waals surface area contributed by atoms with E-state index in [1.807, 2.05) is 60.7 Å². The highest BCUT2D eigenvalue weighted by Crippen LogP contribution is 2.40. The first kappa shape index (κ1) is 13.4. The quantitative estimate of drug-likeness (QED) is 0.161. The molecule has 2 heteroatoms. The molecule has 0 bridgehead atoms. The molecule has 0 radical (unpaired) electrons. The first-order valence-corrected chi connectivity index (χ1v) is 13.0. The molecule has 0 N–H and O–H groups in total. The maximum Gasteiger partial charge on any atom is 0.160 e. The highest BCUT2D eigenvalue weighted by atomic mass is 14.9. The zero-order valence-electron chi connectivity index (χ0n) is 36.7. The van der Waals surface area contributed by atoms with Gasteiger partial charge in [-0.05, 0) is 55.6 Å². The van der Waals surface area contributed by atoms with Crippen LogP contribution in [0.1, 0.15) is 20.6 Å². The van der Waals surface area contributed by atoms with Gasteiger partial charge in [-0.2, -0.15) is 0 Å². The molecule has 196 valence electrons. The van der Waals surface area contributed by atoms with Crippen LogP contribution in [0, 0.1) is 0 Å². The summed E-state index contributed by atoms with van der Waals surface area (Å²) in [5.41, 5.74) is -2.21. The van der Waals surface area contributed by atoms with Gasteiger partial charge in [0.1, 0.15) is 0 Å². The van der Waals surface area contributed by atoms with Gasteiger partial charge in [-0.1, -0.05) is 145 Å². The summed E-state index contributed by atoms with van der Waals surface area (Å²) in [5, 5.41) is 4.63. The molecule has 42 heavy (non-hydrogen) atoms. The Bertz CT molecular complexity index is 3000. The number of rotatable bonds is 4. The Kier molecular flexibility index (Phi) is 3.22. The number of hydrogen-bond acceptors (Lipinski definition) is 2. The molecule has 0 saturated carbocycles. The van der Waals surface area contributed by atoms with E-state index in [9.17, 15) is 4.11 Å². The van der Waals surface area contributed by atoms with E-state index < -0.39 is 124 Å². The highest BCUT2D eigenvalue weighted by molar-refractivity contribution is 6.19. The fourth-order valence-electron chi connectivity index (χ4n) is 5.12. The lowest BCUT2D eigenvalue weighted by molar-refractivity contribution is 1.19. The Morgan fingerprint density at radius 2 is 1.02 bits per heavy atom. The zero-order chi connectivity index (χ0) is 40.9. The average Bonchev–Trinajstić information content (AvgIpc) is 3.21. The summed E-state index contributed by atoms with van der Waals surface area (Å²) in [6.07, 6.45) is 0. The third-order valence-corrected chi connectivity index (χ3v) is 7.01. The molecule has 2 nitrogen and oxygen atoms in total. The molecule has 0 atom stereocenters. The molecule has 0 spiro atoms. The van der Waals surface area contributed by atoms with Gasteiger partial charge in [0.05, 0.1) is 31.9 Å². The Hall–Kier alpha value is -5.60. The predicted molar refractivity (Wildman–Crippen MR) is 176 cm³/mol. The van der Waals surface area contributed by atoms with Crippen molar-refractivity contribution in [1.82, 2.24) is 9.97 Å². The molecule has 0 saturated heterocycles. The third-order valence-electron chi connectivity index (χ3n) is 7.01. The van der Waals surface area contributed by atoms with Crippen molar-refractivity contribution < 1.29 is 20.6 Å². The standard InChI is InChI=1S/C40H26N2/c1-3-11-27(12-4-1)28-19-21-30(22-20-28)37-26-38(42-40(41-37)31-14-5-2-6-15-31)39-34-18-10-8-16-32(34)25-36-33-17-9-7-13-29(33)23-24-35(36)39/h1-26H/i1D,2D,3D,4D,5D,6D,11D,12D,14D,15D,19D,20D,21D,22D,26D. The van der Waals surface area contributed by atoms with Crippen LogP contribution >= 0.6 is 0 Å². The fourth-order valence-corrected chi connectivity index (χ4v) is 5.12. The van der Waals surface area contributed by atoms with Crippen LogP contribution in [0.5, 0.6) is 0 Å². The van der Waals surface area contributed by atoms with E-state index in [-0.39, 0.29) is 5.69 Å². The van der Waals surface area contributed by atoms with Gasteiger partial charge in [-0.15, -0.1) is 0 Å². The summed E-state index contributed by atoms with van der Waals surface area (Å²) in [6.45, 7) is 0. The minimum Gasteiger partial charge on any atom is -0.228 e. The van der Waals surface area contributed by atoms with Crippen molar-refractivity contribution in [2.75, 3.05) is 0 Å². The van der Waals surface area contributed by atoms with Crippen molar-refractivity contribution in [3.63, 3.8) is 0 Å². The topological polar surface area (TPSA) is 25.8 Å². The minimum absolute atomic E-state index is 0.0922. The van der Waals surface area contributed by atoms with Gasteiger partial charge in [0.25, 0.3) is 0 Å². The van der Waals surface area contributed by atoms with E-state index in [0.29, 0.717) is 16.3 Å². The average molecular weight is 550 g/mol. The van der Waals surface area contributed by atoms with Crippen molar-refractivity contribution in [1.29, 1.82) is 0 Å². The SMILES string of the molecule is [2H]c1c(-c2c([2H])c([2H])c(-c3c([2H])c([2H])c([2H])c([2H])c3[2H])c([2H])c2[2H])nc(-c2c([2H])c([2H])c([2H])c([2H])c2[2H])nc1-c1c2ccccc2cc2c1ccc1ccccc12. The van der Waals surface area contributed by atoms with Crippen molar-refractivity contribution in [2.45, 2.75) is 0 Å². The smallest absolute Gasteiger partial charge is 0.160 e. The van der Waals surface area contributed by atoms with E-state index in [4.69, 9.17) is 21.4 Å². The monoisotopic (exact) mass is 549 g/mol. The normalized spacial score (nSPS) is 16.3. The Morgan fingerprint density at radius 1 is 0.429 bits per heavy atom. The van der Waals surface area contributed by atoms with Crippen LogP contribution < -0.4 is 0 Å². The summed E-state index contributed by atoms with van der Waals surface area (Å²) >= 11 is 0. The summed E-state index contributed by atoms with van der Waals surface area (Å²) in [7, 11) is 0. The lowest BCUT2D eigenvalue weighted by atomic mass is 9.91. The van der Waals surface area contributed by atoms with Crippen LogP contribution in [0.2, 0.25) is 0 Å². The second-order valence-corrected chi connectivity index (χ2v) is 9.47. The molecule has 0 amide bonds. The highest BCUT2D eigenvalue weighted by Gasteiger charge is 2.17. The molecule has 8 rings (SSSR count). The van der Waals surface area contributed by atoms with Gasteiger partial charge in [-0.3, -0.25) is 0 Å². The summed E-state index contributed by atoms with van der Waals surface area (Å²) in [4.78, 5) is 9.23. The second-order valence-electron chi connectivity index (χ2n) is 9.47. The molecule has 1 aromatic heterocycles. The number of fused-ring (bicyclic) bond motifs is 4. The van der Waals surface area contributed by atoms with Crippen LogP contribution in [0.15, 0.2) is 157 Å². The van der Waals surface area contributed by atoms with Gasteiger partial charge in [0.15, 0.2) is 5.82 Å². The third kappa shape index (κ3) is 4.22. The van der Waals surface area contributed by atoms with E-state index in [1.165, 1.54) is 0 Å². The molecule has 1 heterocycles. The second kappa shape index (κ2) is 10.1. The van der Waals surface area contributed by atoms with Crippen LogP contribution in [-0.2, 0) is 0 Å². The van der Waals surface area contributed by atoms with Crippen LogP contribution in [0.25, 0.3) is 77.3 Å². The number of aromatic nitrogens is 2. The Labute approximate surface area is 265 Å². The van der Waals surface area contributed by atoms with Gasteiger partial charge in [-0.25, -0.2) is 9.97 Å². The molecule has 0 aliphatic heterocycles. The van der Waals surface area contributed by atoms with Crippen molar-refractivity contribution in [2.24, 2.45) is 0 Å². The lowest BCUT2D eigenvalue weighted by Gasteiger charge is -2.15. The molecule has 7 aromatic carbocycles. The van der Waals surface area contributed by atoms with Gasteiger partial charge in [0, 0.05) is 16.7 Å². The van der Waals surface area contributed by atoms with Crippen LogP contribution in [0.4, 0.5) is 0 Å². The molecular formula is C40H26N2. The van der Waals surface area contributed by atoms with Gasteiger partial charge >= 0.3 is 0 Å². The minimum atomic E-state index is -0.782. The van der Waals surface area contributed by atoms with Gasteiger partial charge < -0.3 is 0 Å². The summed E-state index contributed by atoms with van der Waals surface area (Å²) in [5.74, 6) is -0.443. The Balaban J connectivity index is 1.54. The largest absolute Gasteiger partial charge is 0.228 e. The summed E-state index contributed by atoms with van der Waals surface area (Å²) < 4.78 is 130. The summed E-state index contributed by atoms with van der Waals surface area (Å²) in [6, 6.07) is 10.2. The first-order chi connectivity index (χ1) is 27.1. The maximum absolute atomic E-state index is 9.68. The van der Waals surface area contributed by atoms with E-state index >= 15 is 0 Å². The predicted octanol–water partition coefficient (Wildman–Crippen LogP) is 10.6.